The molecule has 0 saturated heterocycles. The molecule has 35 heavy (non-hydrogen) atoms. The molecule has 3 heteroatoms. The van der Waals surface area contributed by atoms with Gasteiger partial charge in [-0.1, -0.05) is 77.3 Å². The van der Waals surface area contributed by atoms with Crippen molar-refractivity contribution in [1.82, 2.24) is 0 Å². The quantitative estimate of drug-likeness (QED) is 0.120. The van der Waals surface area contributed by atoms with Crippen molar-refractivity contribution in [3.05, 3.63) is 70.4 Å². The number of ketones is 1. The number of carboxylic acid groups (broad SMARTS) is 1. The Balaban J connectivity index is 4.19. The predicted octanol–water partition coefficient (Wildman–Crippen LogP) is 9.48. The topological polar surface area (TPSA) is 54.4 Å². The van der Waals surface area contributed by atoms with Crippen molar-refractivity contribution in [2.24, 2.45) is 5.92 Å². The molecule has 0 radical (unpaired) electrons. The number of unbranched alkanes of at least 4 members (excludes halogenated alkanes) is 1. The van der Waals surface area contributed by atoms with Crippen LogP contribution < -0.4 is 0 Å². The molecule has 0 amide bonds. The molecule has 0 aromatic carbocycles. The van der Waals surface area contributed by atoms with E-state index in [4.69, 9.17) is 5.11 Å². The summed E-state index contributed by atoms with van der Waals surface area (Å²) >= 11 is 0. The van der Waals surface area contributed by atoms with Crippen LogP contribution in [0.3, 0.4) is 0 Å². The van der Waals surface area contributed by atoms with Crippen molar-refractivity contribution in [3.63, 3.8) is 0 Å². The first kappa shape index (κ1) is 32.6. The number of hydrogen-bond acceptors (Lipinski definition) is 2. The number of allylic oxidation sites excluding steroid dienone is 12. The van der Waals surface area contributed by atoms with Crippen LogP contribution in [0.4, 0.5) is 0 Å². The van der Waals surface area contributed by atoms with Crippen molar-refractivity contribution in [3.8, 4) is 0 Å². The molecule has 0 fully saturated rings. The zero-order chi connectivity index (χ0) is 26.6. The van der Waals surface area contributed by atoms with Crippen LogP contribution in [0.2, 0.25) is 0 Å². The molecule has 0 spiro atoms. The minimum Gasteiger partial charge on any atom is -0.481 e. The third-order valence-electron chi connectivity index (χ3n) is 6.00. The molecule has 0 rings (SSSR count). The van der Waals surface area contributed by atoms with Crippen molar-refractivity contribution in [1.29, 1.82) is 0 Å². The molecule has 0 saturated carbocycles. The highest BCUT2D eigenvalue weighted by Gasteiger charge is 2.13. The second-order valence-corrected chi connectivity index (χ2v) is 10.1. The van der Waals surface area contributed by atoms with E-state index < -0.39 is 12.4 Å². The van der Waals surface area contributed by atoms with Crippen LogP contribution in [-0.4, -0.2) is 16.9 Å². The van der Waals surface area contributed by atoms with Gasteiger partial charge < -0.3 is 5.11 Å². The number of carbonyl (C=O) groups excluding carboxylic acids is 1. The summed E-state index contributed by atoms with van der Waals surface area (Å²) in [6.07, 6.45) is 24.7. The van der Waals surface area contributed by atoms with Crippen LogP contribution in [0.5, 0.6) is 0 Å². The highest BCUT2D eigenvalue weighted by molar-refractivity contribution is 5.96. The molecule has 1 atom stereocenters. The van der Waals surface area contributed by atoms with Gasteiger partial charge in [0, 0.05) is 5.92 Å². The summed E-state index contributed by atoms with van der Waals surface area (Å²) < 4.78 is 0. The molecule has 1 unspecified atom stereocenters. The largest absolute Gasteiger partial charge is 0.481 e. The summed E-state index contributed by atoms with van der Waals surface area (Å²) in [7, 11) is 0. The van der Waals surface area contributed by atoms with Crippen molar-refractivity contribution < 1.29 is 14.7 Å². The van der Waals surface area contributed by atoms with Gasteiger partial charge in [0.1, 0.15) is 6.42 Å². The highest BCUT2D eigenvalue weighted by Crippen LogP contribution is 2.14. The van der Waals surface area contributed by atoms with Crippen LogP contribution in [0.15, 0.2) is 70.4 Å². The normalized spacial score (nSPS) is 14.4. The van der Waals surface area contributed by atoms with E-state index in [2.05, 4.69) is 71.9 Å². The lowest BCUT2D eigenvalue weighted by molar-refractivity contribution is -0.140. The minimum atomic E-state index is -1.06. The summed E-state index contributed by atoms with van der Waals surface area (Å²) in [4.78, 5) is 22.3. The van der Waals surface area contributed by atoms with Gasteiger partial charge in [0.25, 0.3) is 0 Å². The fourth-order valence-electron chi connectivity index (χ4n) is 3.61. The van der Waals surface area contributed by atoms with Crippen LogP contribution in [0.1, 0.15) is 113 Å². The Labute approximate surface area is 215 Å². The van der Waals surface area contributed by atoms with Gasteiger partial charge in [-0.25, -0.2) is 0 Å². The third kappa shape index (κ3) is 20.7. The van der Waals surface area contributed by atoms with Crippen molar-refractivity contribution in [2.75, 3.05) is 0 Å². The number of carboxylic acids is 1. The van der Waals surface area contributed by atoms with Gasteiger partial charge in [0.2, 0.25) is 0 Å². The minimum absolute atomic E-state index is 0.251. The lowest BCUT2D eigenvalue weighted by Gasteiger charge is -2.03. The van der Waals surface area contributed by atoms with E-state index in [1.54, 1.807) is 6.92 Å². The predicted molar refractivity (Wildman–Crippen MR) is 152 cm³/mol. The Kier molecular flexibility index (Phi) is 18.5. The number of aliphatic carboxylic acids is 1. The first-order valence-corrected chi connectivity index (χ1v) is 13.2. The zero-order valence-electron chi connectivity index (χ0n) is 23.5. The maximum Gasteiger partial charge on any atom is 0.310 e. The maximum absolute atomic E-state index is 11.7. The molecule has 1 N–H and O–H groups in total. The van der Waals surface area contributed by atoms with Gasteiger partial charge in [-0.05, 0) is 99.3 Å². The molecule has 0 heterocycles. The molecule has 0 aromatic heterocycles. The Bertz CT molecular complexity index is 827. The second-order valence-electron chi connectivity index (χ2n) is 10.1. The van der Waals surface area contributed by atoms with E-state index in [9.17, 15) is 9.59 Å². The number of hydrogen-bond donors (Lipinski definition) is 1. The number of carbonyl (C=O) groups is 2. The third-order valence-corrected chi connectivity index (χ3v) is 6.00. The van der Waals surface area contributed by atoms with Gasteiger partial charge >= 0.3 is 5.97 Å². The summed E-state index contributed by atoms with van der Waals surface area (Å²) in [5.41, 5.74) is 7.08. The van der Waals surface area contributed by atoms with Crippen molar-refractivity contribution >= 4 is 11.8 Å². The summed E-state index contributed by atoms with van der Waals surface area (Å²) in [5, 5.41) is 8.70. The summed E-state index contributed by atoms with van der Waals surface area (Å²) in [5.74, 6) is -1.66. The first-order valence-electron chi connectivity index (χ1n) is 13.2. The van der Waals surface area contributed by atoms with E-state index in [-0.39, 0.29) is 11.7 Å². The van der Waals surface area contributed by atoms with Gasteiger partial charge in [0.15, 0.2) is 5.78 Å². The number of rotatable bonds is 18. The van der Waals surface area contributed by atoms with E-state index in [0.29, 0.717) is 0 Å². The monoisotopic (exact) mass is 482 g/mol. The van der Waals surface area contributed by atoms with Crippen LogP contribution >= 0.6 is 0 Å². The zero-order valence-corrected chi connectivity index (χ0v) is 23.5. The molecule has 0 aliphatic rings. The Hall–Kier alpha value is -2.42. The fourth-order valence-corrected chi connectivity index (χ4v) is 3.61. The van der Waals surface area contributed by atoms with Gasteiger partial charge in [-0.2, -0.15) is 0 Å². The van der Waals surface area contributed by atoms with Gasteiger partial charge in [-0.3, -0.25) is 9.59 Å². The first-order chi connectivity index (χ1) is 16.5. The summed E-state index contributed by atoms with van der Waals surface area (Å²) in [6.45, 7) is 14.9. The fraction of sp³-hybridized carbons (Fsp3) is 0.562. The number of Topliss-reactive ketones (excluding diaryl/α,β-unsaturated/α-hetero) is 1. The van der Waals surface area contributed by atoms with Crippen LogP contribution in [0, 0.1) is 5.92 Å². The molecule has 0 aromatic rings. The smallest absolute Gasteiger partial charge is 0.310 e. The lowest BCUT2D eigenvalue weighted by atomic mass is 10.0. The SMILES string of the molecule is CC(C)=CCCC(C)=CCCC(C)=CCCC=C(C)CCC=C(C)CC=CC(C)C(=O)CC(=O)O. The lowest BCUT2D eigenvalue weighted by Crippen LogP contribution is -2.13. The highest BCUT2D eigenvalue weighted by atomic mass is 16.4. The summed E-state index contributed by atoms with van der Waals surface area (Å²) in [6, 6.07) is 0. The Morgan fingerprint density at radius 1 is 0.657 bits per heavy atom. The molecular formula is C32H50O3. The van der Waals surface area contributed by atoms with E-state index in [1.165, 1.54) is 27.9 Å². The molecule has 0 aliphatic carbocycles. The average Bonchev–Trinajstić information content (AvgIpc) is 2.76. The van der Waals surface area contributed by atoms with E-state index >= 15 is 0 Å². The molecule has 196 valence electrons. The van der Waals surface area contributed by atoms with Crippen molar-refractivity contribution in [2.45, 2.75) is 113 Å². The van der Waals surface area contributed by atoms with Crippen LogP contribution in [0.25, 0.3) is 0 Å². The molecular weight excluding hydrogens is 432 g/mol. The Morgan fingerprint density at radius 3 is 1.54 bits per heavy atom. The van der Waals surface area contributed by atoms with Crippen LogP contribution in [-0.2, 0) is 9.59 Å². The maximum atomic E-state index is 11.7. The second kappa shape index (κ2) is 19.8. The standard InChI is InChI=1S/C32H50O3/c1-25(2)14-10-17-28(5)20-11-18-26(3)15-8-9-16-27(4)19-12-21-29(6)22-13-23-30(7)31(33)24-32(34)35/h13-16,20-21,23,30H,8-12,17-19,22,24H2,1-7H3,(H,34,35). The molecule has 0 aliphatic heterocycles. The van der Waals surface area contributed by atoms with E-state index in [0.717, 1.165) is 57.8 Å². The molecule has 3 nitrogen and oxygen atoms in total. The van der Waals surface area contributed by atoms with Gasteiger partial charge in [0.05, 0.1) is 0 Å². The molecule has 0 bridgehead atoms. The Morgan fingerprint density at radius 2 is 1.09 bits per heavy atom. The average molecular weight is 483 g/mol. The van der Waals surface area contributed by atoms with E-state index in [1.807, 2.05) is 12.2 Å². The van der Waals surface area contributed by atoms with Gasteiger partial charge in [-0.15, -0.1) is 0 Å².